The van der Waals surface area contributed by atoms with E-state index in [1.165, 1.54) is 15.8 Å². The van der Waals surface area contributed by atoms with Gasteiger partial charge in [-0.3, -0.25) is 0 Å². The number of hydrogen-bond donors (Lipinski definition) is 0. The summed E-state index contributed by atoms with van der Waals surface area (Å²) in [6.07, 6.45) is 0. The Balaban J connectivity index is -0.000000142. The highest BCUT2D eigenvalue weighted by Gasteiger charge is 2.05. The van der Waals surface area contributed by atoms with Crippen molar-refractivity contribution in [2.45, 2.75) is 57.4 Å². The van der Waals surface area contributed by atoms with Crippen LogP contribution in [0.2, 0.25) is 15.8 Å². The van der Waals surface area contributed by atoms with Crippen molar-refractivity contribution in [1.29, 1.82) is 0 Å². The van der Waals surface area contributed by atoms with E-state index in [9.17, 15) is 0 Å². The Morgan fingerprint density at radius 2 is 1.00 bits per heavy atom. The van der Waals surface area contributed by atoms with Crippen LogP contribution in [-0.4, -0.2) is 31.5 Å². The van der Waals surface area contributed by atoms with Gasteiger partial charge in [-0.15, -0.1) is 0 Å². The molecule has 0 aromatic rings. The fourth-order valence-corrected chi connectivity index (χ4v) is 2.60. The summed E-state index contributed by atoms with van der Waals surface area (Å²) in [5.74, 6) is 0.833. The Labute approximate surface area is 94.7 Å². The van der Waals surface area contributed by atoms with Crippen LogP contribution in [0.3, 0.4) is 0 Å². The second kappa shape index (κ2) is 14.6. The molecule has 0 spiro atoms. The number of hydrogen-bond acceptors (Lipinski definition) is 0. The van der Waals surface area contributed by atoms with Crippen molar-refractivity contribution in [2.75, 3.05) is 0 Å². The van der Waals surface area contributed by atoms with E-state index in [2.05, 4.69) is 41.5 Å². The monoisotopic (exact) mass is 202 g/mol. The molecule has 0 N–H and O–H groups in total. The minimum absolute atomic E-state index is 0. The van der Waals surface area contributed by atoms with Gasteiger partial charge in [0.2, 0.25) is 0 Å². The second-order valence-corrected chi connectivity index (χ2v) is 8.00. The van der Waals surface area contributed by atoms with Crippen LogP contribution in [0.4, 0.5) is 0 Å². The zero-order valence-electron chi connectivity index (χ0n) is 9.28. The molecule has 0 nitrogen and oxygen atoms in total. The van der Waals surface area contributed by atoms with Crippen LogP contribution < -0.4 is 0 Å². The normalized spacial score (nSPS) is 8.25. The first-order chi connectivity index (χ1) is 5.08. The Bertz CT molecular complexity index is 50.6. The maximum Gasteiger partial charge on any atom is 0.261 e. The third kappa shape index (κ3) is 22.5. The molecule has 0 radical (unpaired) electrons. The van der Waals surface area contributed by atoms with Gasteiger partial charge in [0.05, 0.1) is 0 Å². The fourth-order valence-electron chi connectivity index (χ4n) is 0.866. The van der Waals surface area contributed by atoms with Gasteiger partial charge < -0.3 is 0 Å². The van der Waals surface area contributed by atoms with Gasteiger partial charge in [-0.05, 0) is 5.92 Å². The zero-order valence-corrected chi connectivity index (χ0v) is 10.4. The first-order valence-electron chi connectivity index (χ1n) is 5.08. The largest absolute Gasteiger partial charge is 0.261 e. The SMILES string of the molecule is CC(C)C.C[CH2][Al]([CH2]C)[CH2]C.[AlH3]. The minimum Gasteiger partial charge on any atom is -0.0967 e. The summed E-state index contributed by atoms with van der Waals surface area (Å²) in [6.45, 7) is 13.5. The van der Waals surface area contributed by atoms with Gasteiger partial charge in [0.1, 0.15) is 0 Å². The summed E-state index contributed by atoms with van der Waals surface area (Å²) in [7, 11) is 0. The van der Waals surface area contributed by atoms with Gasteiger partial charge in [-0.25, -0.2) is 0 Å². The smallest absolute Gasteiger partial charge is 0.0967 e. The summed E-state index contributed by atoms with van der Waals surface area (Å²) in [6, 6.07) is 0. The van der Waals surface area contributed by atoms with Crippen molar-refractivity contribution >= 4 is 31.5 Å². The molecule has 74 valence electrons. The Morgan fingerprint density at radius 3 is 1.00 bits per heavy atom. The lowest BCUT2D eigenvalue weighted by Crippen LogP contribution is -2.04. The molecule has 0 aliphatic rings. The van der Waals surface area contributed by atoms with E-state index in [0.717, 1.165) is 5.92 Å². The van der Waals surface area contributed by atoms with Crippen LogP contribution in [0.25, 0.3) is 0 Å². The Morgan fingerprint density at radius 1 is 0.833 bits per heavy atom. The van der Waals surface area contributed by atoms with Crippen LogP contribution in [0.15, 0.2) is 0 Å². The summed E-state index contributed by atoms with van der Waals surface area (Å²) in [5, 5.41) is 4.48. The maximum absolute atomic E-state index is 2.32. The molecule has 0 aromatic carbocycles. The molecular weight excluding hydrogens is 174 g/mol. The number of rotatable bonds is 3. The molecule has 0 fully saturated rings. The molecule has 0 unspecified atom stereocenters. The molecule has 0 aliphatic heterocycles. The van der Waals surface area contributed by atoms with Crippen LogP contribution in [0, 0.1) is 5.92 Å². The van der Waals surface area contributed by atoms with Gasteiger partial charge >= 0.3 is 0 Å². The summed E-state index contributed by atoms with van der Waals surface area (Å²) in [5.41, 5.74) is 0. The third-order valence-electron chi connectivity index (χ3n) is 1.73. The van der Waals surface area contributed by atoms with Gasteiger partial charge in [-0.2, -0.15) is 0 Å². The zero-order chi connectivity index (χ0) is 9.28. The van der Waals surface area contributed by atoms with E-state index in [4.69, 9.17) is 0 Å². The van der Waals surface area contributed by atoms with Crippen LogP contribution in [0.1, 0.15) is 41.5 Å². The first-order valence-corrected chi connectivity index (χ1v) is 7.53. The van der Waals surface area contributed by atoms with Crippen molar-refractivity contribution in [1.82, 2.24) is 0 Å². The van der Waals surface area contributed by atoms with Gasteiger partial charge in [0, 0.05) is 0 Å². The van der Waals surface area contributed by atoms with E-state index in [-0.39, 0.29) is 31.5 Å². The Kier molecular flexibility index (Phi) is 22.8. The second-order valence-electron chi connectivity index (χ2n) is 3.82. The lowest BCUT2D eigenvalue weighted by Gasteiger charge is -1.97. The van der Waals surface area contributed by atoms with Gasteiger partial charge in [-0.1, -0.05) is 57.4 Å². The average Bonchev–Trinajstić information content (AvgIpc) is 1.90. The summed E-state index contributed by atoms with van der Waals surface area (Å²) in [4.78, 5) is 0. The molecule has 12 heavy (non-hydrogen) atoms. The molecule has 0 saturated carbocycles. The molecule has 0 aromatic heterocycles. The van der Waals surface area contributed by atoms with E-state index >= 15 is 0 Å². The predicted octanol–water partition coefficient (Wildman–Crippen LogP) is 3.02. The lowest BCUT2D eigenvalue weighted by molar-refractivity contribution is 0.737. The van der Waals surface area contributed by atoms with Crippen molar-refractivity contribution in [3.63, 3.8) is 0 Å². The van der Waals surface area contributed by atoms with Gasteiger partial charge in [0.25, 0.3) is 14.1 Å². The predicted molar refractivity (Wildman–Crippen MR) is 67.6 cm³/mol. The van der Waals surface area contributed by atoms with Crippen molar-refractivity contribution in [3.8, 4) is 0 Å². The lowest BCUT2D eigenvalue weighted by atomic mass is 10.3. The van der Waals surface area contributed by atoms with Crippen LogP contribution in [-0.2, 0) is 0 Å². The molecule has 2 heteroatoms. The molecule has 0 saturated heterocycles. The highest BCUT2D eigenvalue weighted by atomic mass is 27.2. The Hall–Kier alpha value is 1.06. The average molecular weight is 202 g/mol. The maximum atomic E-state index is 2.32. The summed E-state index contributed by atoms with van der Waals surface area (Å²) < 4.78 is 0. The third-order valence-corrected chi connectivity index (χ3v) is 5.20. The molecule has 0 aliphatic carbocycles. The quantitative estimate of drug-likeness (QED) is 0.617. The van der Waals surface area contributed by atoms with E-state index in [1.54, 1.807) is 0 Å². The molecule has 0 atom stereocenters. The van der Waals surface area contributed by atoms with E-state index in [0.29, 0.717) is 0 Å². The highest BCUT2D eigenvalue weighted by Crippen LogP contribution is 2.01. The fraction of sp³-hybridized carbons (Fsp3) is 1.00. The van der Waals surface area contributed by atoms with Crippen molar-refractivity contribution < 1.29 is 0 Å². The van der Waals surface area contributed by atoms with E-state index in [1.807, 2.05) is 0 Å². The first kappa shape index (κ1) is 18.8. The van der Waals surface area contributed by atoms with Crippen LogP contribution in [0.5, 0.6) is 0 Å². The molecule has 0 bridgehead atoms. The molecule has 0 heterocycles. The molecule has 0 rings (SSSR count). The van der Waals surface area contributed by atoms with Crippen LogP contribution >= 0.6 is 0 Å². The molecule has 0 amide bonds. The van der Waals surface area contributed by atoms with E-state index < -0.39 is 0 Å². The summed E-state index contributed by atoms with van der Waals surface area (Å²) >= 11 is -0.171. The minimum atomic E-state index is -0.171. The van der Waals surface area contributed by atoms with Gasteiger partial charge in [0.15, 0.2) is 17.4 Å². The van der Waals surface area contributed by atoms with Crippen molar-refractivity contribution in [2.24, 2.45) is 5.92 Å². The molecular formula is C10H28Al2. The standard InChI is InChI=1S/C4H10.3C2H5.2Al.3H/c1-4(2)3;3*1-2;;;;;/h4H,1-3H3;3*1H2,2H3;;;;;. The topological polar surface area (TPSA) is 0 Å². The van der Waals surface area contributed by atoms with Crippen molar-refractivity contribution in [3.05, 3.63) is 0 Å². The highest BCUT2D eigenvalue weighted by molar-refractivity contribution is 6.58.